The first-order chi connectivity index (χ1) is 9.51. The van der Waals surface area contributed by atoms with Gasteiger partial charge >= 0.3 is 5.69 Å². The van der Waals surface area contributed by atoms with E-state index in [9.17, 15) is 14.9 Å². The van der Waals surface area contributed by atoms with Crippen LogP contribution in [0.4, 0.5) is 11.4 Å². The standard InChI is InChI=1S/C11H11N5O4/c1-6-12-10(15-14-6)11(17)13-7-3-4-9(20-2)8(5-7)16(18)19/h3-5H,1-2H3,(H,13,17)(H,12,14,15). The van der Waals surface area contributed by atoms with Crippen LogP contribution < -0.4 is 10.1 Å². The Balaban J connectivity index is 2.23. The molecule has 1 amide bonds. The zero-order valence-electron chi connectivity index (χ0n) is 10.7. The topological polar surface area (TPSA) is 123 Å². The predicted molar refractivity (Wildman–Crippen MR) is 68.7 cm³/mol. The van der Waals surface area contributed by atoms with Crippen LogP contribution in [0.25, 0.3) is 0 Å². The van der Waals surface area contributed by atoms with Crippen molar-refractivity contribution in [3.8, 4) is 5.75 Å². The van der Waals surface area contributed by atoms with E-state index in [0.717, 1.165) is 0 Å². The van der Waals surface area contributed by atoms with Crippen molar-refractivity contribution in [2.24, 2.45) is 0 Å². The summed E-state index contributed by atoms with van der Waals surface area (Å²) in [4.78, 5) is 25.9. The third kappa shape index (κ3) is 2.71. The first-order valence-corrected chi connectivity index (χ1v) is 5.54. The minimum atomic E-state index is -0.592. The number of nitro benzene ring substituents is 1. The first kappa shape index (κ1) is 13.5. The molecule has 0 aliphatic rings. The molecule has 1 aromatic carbocycles. The van der Waals surface area contributed by atoms with Crippen molar-refractivity contribution in [2.75, 3.05) is 12.4 Å². The Bertz CT molecular complexity index is 667. The Hall–Kier alpha value is -2.97. The van der Waals surface area contributed by atoms with Gasteiger partial charge in [0, 0.05) is 11.8 Å². The third-order valence-corrected chi connectivity index (χ3v) is 2.43. The van der Waals surface area contributed by atoms with E-state index in [4.69, 9.17) is 4.74 Å². The molecule has 20 heavy (non-hydrogen) atoms. The number of ether oxygens (including phenoxy) is 1. The maximum Gasteiger partial charge on any atom is 0.312 e. The number of aromatic amines is 1. The Kier molecular flexibility index (Phi) is 3.60. The smallest absolute Gasteiger partial charge is 0.312 e. The van der Waals surface area contributed by atoms with Crippen LogP contribution in [0, 0.1) is 17.0 Å². The van der Waals surface area contributed by atoms with E-state index in [1.54, 1.807) is 6.92 Å². The molecule has 1 aromatic heterocycles. The van der Waals surface area contributed by atoms with E-state index >= 15 is 0 Å². The molecule has 1 heterocycles. The number of carbonyl (C=O) groups is 1. The molecule has 0 aliphatic carbocycles. The molecule has 0 saturated heterocycles. The lowest BCUT2D eigenvalue weighted by Crippen LogP contribution is -2.14. The van der Waals surface area contributed by atoms with Gasteiger partial charge in [-0.05, 0) is 19.1 Å². The summed E-state index contributed by atoms with van der Waals surface area (Å²) in [6.07, 6.45) is 0. The van der Waals surface area contributed by atoms with Crippen LogP contribution in [0.2, 0.25) is 0 Å². The summed E-state index contributed by atoms with van der Waals surface area (Å²) in [5.74, 6) is 0.00684. The molecule has 0 radical (unpaired) electrons. The lowest BCUT2D eigenvalue weighted by atomic mass is 10.2. The number of amides is 1. The zero-order valence-corrected chi connectivity index (χ0v) is 10.7. The van der Waals surface area contributed by atoms with Gasteiger partial charge in [-0.25, -0.2) is 4.98 Å². The molecule has 0 fully saturated rings. The fraction of sp³-hybridized carbons (Fsp3) is 0.182. The average molecular weight is 277 g/mol. The molecule has 0 aliphatic heterocycles. The molecule has 9 heteroatoms. The molecule has 2 aromatic rings. The van der Waals surface area contributed by atoms with Crippen LogP contribution in [0.3, 0.4) is 0 Å². The summed E-state index contributed by atoms with van der Waals surface area (Å²) in [6, 6.07) is 4.09. The van der Waals surface area contributed by atoms with Crippen molar-refractivity contribution < 1.29 is 14.5 Å². The SMILES string of the molecule is COc1ccc(NC(=O)c2n[nH]c(C)n2)cc1[N+](=O)[O-]. The van der Waals surface area contributed by atoms with Crippen LogP contribution in [0.1, 0.15) is 16.4 Å². The summed E-state index contributed by atoms with van der Waals surface area (Å²) in [5.41, 5.74) is 0.0152. The second kappa shape index (κ2) is 5.34. The summed E-state index contributed by atoms with van der Waals surface area (Å²) < 4.78 is 4.87. The molecule has 9 nitrogen and oxygen atoms in total. The minimum absolute atomic E-state index is 0.0408. The van der Waals surface area contributed by atoms with E-state index in [-0.39, 0.29) is 22.9 Å². The van der Waals surface area contributed by atoms with Crippen molar-refractivity contribution in [3.05, 3.63) is 40.0 Å². The van der Waals surface area contributed by atoms with E-state index in [0.29, 0.717) is 5.82 Å². The number of aromatic nitrogens is 3. The molecule has 2 rings (SSSR count). The second-order valence-corrected chi connectivity index (χ2v) is 3.84. The van der Waals surface area contributed by atoms with Crippen molar-refractivity contribution >= 4 is 17.3 Å². The number of benzene rings is 1. The van der Waals surface area contributed by atoms with Gasteiger partial charge in [-0.2, -0.15) is 0 Å². The summed E-state index contributed by atoms with van der Waals surface area (Å²) in [6.45, 7) is 1.65. The van der Waals surface area contributed by atoms with Crippen molar-refractivity contribution in [2.45, 2.75) is 6.92 Å². The Morgan fingerprint density at radius 3 is 2.80 bits per heavy atom. The van der Waals surface area contributed by atoms with E-state index in [2.05, 4.69) is 20.5 Å². The van der Waals surface area contributed by atoms with Crippen LogP contribution in [0.5, 0.6) is 5.75 Å². The van der Waals surface area contributed by atoms with Gasteiger partial charge in [-0.15, -0.1) is 5.10 Å². The van der Waals surface area contributed by atoms with E-state index < -0.39 is 10.8 Å². The Morgan fingerprint density at radius 2 is 2.25 bits per heavy atom. The number of nitrogens with one attached hydrogen (secondary N) is 2. The number of anilines is 1. The third-order valence-electron chi connectivity index (χ3n) is 2.43. The van der Waals surface area contributed by atoms with Gasteiger partial charge in [0.25, 0.3) is 5.91 Å². The number of nitrogens with zero attached hydrogens (tertiary/aromatic N) is 3. The van der Waals surface area contributed by atoms with Gasteiger partial charge in [0.15, 0.2) is 5.75 Å². The normalized spacial score (nSPS) is 10.1. The number of nitro groups is 1. The van der Waals surface area contributed by atoms with Crippen molar-refractivity contribution in [1.82, 2.24) is 15.2 Å². The van der Waals surface area contributed by atoms with Crippen LogP contribution in [-0.4, -0.2) is 33.1 Å². The Morgan fingerprint density at radius 1 is 1.50 bits per heavy atom. The lowest BCUT2D eigenvalue weighted by Gasteiger charge is -2.05. The molecule has 0 bridgehead atoms. The van der Waals surface area contributed by atoms with Crippen LogP contribution in [-0.2, 0) is 0 Å². The van der Waals surface area contributed by atoms with Gasteiger partial charge in [0.05, 0.1) is 12.0 Å². The molecular formula is C11H11N5O4. The molecular weight excluding hydrogens is 266 g/mol. The monoisotopic (exact) mass is 277 g/mol. The maximum absolute atomic E-state index is 11.8. The molecule has 104 valence electrons. The highest BCUT2D eigenvalue weighted by molar-refractivity contribution is 6.01. The predicted octanol–water partition coefficient (Wildman–Crippen LogP) is 1.28. The van der Waals surface area contributed by atoms with Gasteiger partial charge < -0.3 is 10.1 Å². The van der Waals surface area contributed by atoms with Crippen LogP contribution in [0.15, 0.2) is 18.2 Å². The molecule has 0 unspecified atom stereocenters. The highest BCUT2D eigenvalue weighted by atomic mass is 16.6. The summed E-state index contributed by atoms with van der Waals surface area (Å²) >= 11 is 0. The van der Waals surface area contributed by atoms with Gasteiger partial charge in [-0.3, -0.25) is 20.0 Å². The van der Waals surface area contributed by atoms with Crippen molar-refractivity contribution in [3.63, 3.8) is 0 Å². The largest absolute Gasteiger partial charge is 0.490 e. The van der Waals surface area contributed by atoms with Gasteiger partial charge in [0.1, 0.15) is 5.82 Å². The maximum atomic E-state index is 11.8. The number of rotatable bonds is 4. The molecule has 2 N–H and O–H groups in total. The number of methoxy groups -OCH3 is 1. The molecule has 0 spiro atoms. The summed E-state index contributed by atoms with van der Waals surface area (Å²) in [7, 11) is 1.33. The Labute approximate surface area is 113 Å². The van der Waals surface area contributed by atoms with Crippen LogP contribution >= 0.6 is 0 Å². The highest BCUT2D eigenvalue weighted by Crippen LogP contribution is 2.29. The van der Waals surface area contributed by atoms with E-state index in [1.807, 2.05) is 0 Å². The molecule has 0 atom stereocenters. The fourth-order valence-electron chi connectivity index (χ4n) is 1.54. The van der Waals surface area contributed by atoms with Gasteiger partial charge in [-0.1, -0.05) is 0 Å². The van der Waals surface area contributed by atoms with Crippen molar-refractivity contribution in [1.29, 1.82) is 0 Å². The number of carbonyl (C=O) groups excluding carboxylic acids is 1. The van der Waals surface area contributed by atoms with Gasteiger partial charge in [0.2, 0.25) is 5.82 Å². The fourth-order valence-corrected chi connectivity index (χ4v) is 1.54. The number of hydrogen-bond acceptors (Lipinski definition) is 6. The highest BCUT2D eigenvalue weighted by Gasteiger charge is 2.17. The number of hydrogen-bond donors (Lipinski definition) is 2. The second-order valence-electron chi connectivity index (χ2n) is 3.84. The molecule has 0 saturated carbocycles. The van der Waals surface area contributed by atoms with E-state index in [1.165, 1.54) is 25.3 Å². The quantitative estimate of drug-likeness (QED) is 0.641. The first-order valence-electron chi connectivity index (χ1n) is 5.54. The average Bonchev–Trinajstić information content (AvgIpc) is 2.85. The zero-order chi connectivity index (χ0) is 14.7. The number of aryl methyl sites for hydroxylation is 1. The lowest BCUT2D eigenvalue weighted by molar-refractivity contribution is -0.385. The minimum Gasteiger partial charge on any atom is -0.490 e. The number of H-pyrrole nitrogens is 1. The summed E-state index contributed by atoms with van der Waals surface area (Å²) in [5, 5.41) is 19.6.